The standard InChI is InChI=1S/C25H23N5O3/c1-29-10-9-24(31)22(29)12-18-15-26-21-8-7-19(13-20(18)21)28-25-23(30(32)33)11-17(14-27-25)16-5-3-2-4-6-16/h2-8,11,13-15,22,26H,9-10,12H2,1H3,(H,27,28). The molecular weight excluding hydrogens is 418 g/mol. The molecule has 3 heterocycles. The first-order valence-electron chi connectivity index (χ1n) is 10.8. The van der Waals surface area contributed by atoms with Gasteiger partial charge in [-0.1, -0.05) is 30.3 Å². The minimum Gasteiger partial charge on any atom is -0.361 e. The Balaban J connectivity index is 1.45. The number of fused-ring (bicyclic) bond motifs is 1. The summed E-state index contributed by atoms with van der Waals surface area (Å²) in [6, 6.07) is 16.6. The van der Waals surface area contributed by atoms with Crippen LogP contribution in [0.3, 0.4) is 0 Å². The number of aromatic nitrogens is 2. The SMILES string of the molecule is CN1CCC(=O)C1Cc1c[nH]c2ccc(Nc3ncc(-c4ccccc4)cc3[N+](=O)[O-])cc12. The number of nitrogens with one attached hydrogen (secondary N) is 2. The van der Waals surface area contributed by atoms with Gasteiger partial charge >= 0.3 is 5.69 Å². The number of H-pyrrole nitrogens is 1. The Hall–Kier alpha value is -4.04. The highest BCUT2D eigenvalue weighted by molar-refractivity contribution is 5.90. The van der Waals surface area contributed by atoms with E-state index in [1.807, 2.05) is 61.8 Å². The highest BCUT2D eigenvalue weighted by Crippen LogP contribution is 2.32. The van der Waals surface area contributed by atoms with E-state index in [1.54, 1.807) is 6.20 Å². The Labute approximate surface area is 190 Å². The van der Waals surface area contributed by atoms with Crippen LogP contribution in [0.5, 0.6) is 0 Å². The average Bonchev–Trinajstić information content (AvgIpc) is 3.37. The Morgan fingerprint density at radius 2 is 2.00 bits per heavy atom. The van der Waals surface area contributed by atoms with Crippen LogP contribution in [0.2, 0.25) is 0 Å². The van der Waals surface area contributed by atoms with E-state index in [4.69, 9.17) is 0 Å². The van der Waals surface area contributed by atoms with Crippen molar-refractivity contribution < 1.29 is 9.72 Å². The van der Waals surface area contributed by atoms with Crippen LogP contribution in [0, 0.1) is 10.1 Å². The number of pyridine rings is 1. The Kier molecular flexibility index (Phi) is 5.35. The topological polar surface area (TPSA) is 104 Å². The zero-order chi connectivity index (χ0) is 22.9. The average molecular weight is 441 g/mol. The molecule has 1 aliphatic heterocycles. The van der Waals surface area contributed by atoms with Gasteiger partial charge in [-0.2, -0.15) is 0 Å². The monoisotopic (exact) mass is 441 g/mol. The summed E-state index contributed by atoms with van der Waals surface area (Å²) in [6.45, 7) is 0.785. The van der Waals surface area contributed by atoms with Gasteiger partial charge in [0, 0.05) is 53.6 Å². The number of aromatic amines is 1. The number of nitro groups is 1. The minimum atomic E-state index is -0.427. The first kappa shape index (κ1) is 20.8. The fraction of sp³-hybridized carbons (Fsp3) is 0.200. The number of carbonyl (C=O) groups excluding carboxylic acids is 1. The van der Waals surface area contributed by atoms with Gasteiger partial charge in [0.1, 0.15) is 0 Å². The zero-order valence-corrected chi connectivity index (χ0v) is 18.1. The van der Waals surface area contributed by atoms with Gasteiger partial charge < -0.3 is 10.3 Å². The molecule has 0 aliphatic carbocycles. The number of hydrogen-bond acceptors (Lipinski definition) is 6. The number of carbonyl (C=O) groups is 1. The summed E-state index contributed by atoms with van der Waals surface area (Å²) in [4.78, 5) is 33.3. The largest absolute Gasteiger partial charge is 0.361 e. The van der Waals surface area contributed by atoms with Crippen LogP contribution in [0.4, 0.5) is 17.2 Å². The summed E-state index contributed by atoms with van der Waals surface area (Å²) < 4.78 is 0. The van der Waals surface area contributed by atoms with Gasteiger partial charge in [-0.05, 0) is 42.8 Å². The molecule has 1 aliphatic rings. The summed E-state index contributed by atoms with van der Waals surface area (Å²) in [5.74, 6) is 0.446. The number of Topliss-reactive ketones (excluding diaryl/α,β-unsaturated/α-hetero) is 1. The third-order valence-corrected chi connectivity index (χ3v) is 6.23. The lowest BCUT2D eigenvalue weighted by Gasteiger charge is -2.17. The smallest absolute Gasteiger partial charge is 0.312 e. The van der Waals surface area contributed by atoms with Crippen LogP contribution in [0.15, 0.2) is 67.0 Å². The van der Waals surface area contributed by atoms with Crippen molar-refractivity contribution in [3.63, 3.8) is 0 Å². The van der Waals surface area contributed by atoms with Gasteiger partial charge in [-0.25, -0.2) is 4.98 Å². The molecular formula is C25H23N5O3. The van der Waals surface area contributed by atoms with Gasteiger partial charge in [0.05, 0.1) is 11.0 Å². The molecule has 0 saturated carbocycles. The van der Waals surface area contributed by atoms with Crippen LogP contribution < -0.4 is 5.32 Å². The molecule has 1 atom stereocenters. The highest BCUT2D eigenvalue weighted by atomic mass is 16.6. The quantitative estimate of drug-likeness (QED) is 0.332. The second kappa shape index (κ2) is 8.48. The van der Waals surface area contributed by atoms with Gasteiger partial charge in [0.25, 0.3) is 0 Å². The van der Waals surface area contributed by atoms with Crippen molar-refractivity contribution in [2.24, 2.45) is 0 Å². The van der Waals surface area contributed by atoms with Crippen molar-refractivity contribution in [2.75, 3.05) is 18.9 Å². The van der Waals surface area contributed by atoms with Crippen molar-refractivity contribution in [2.45, 2.75) is 18.9 Å². The van der Waals surface area contributed by atoms with Gasteiger partial charge in [-0.15, -0.1) is 0 Å². The van der Waals surface area contributed by atoms with Gasteiger partial charge in [-0.3, -0.25) is 19.8 Å². The van der Waals surface area contributed by atoms with Crippen LogP contribution in [-0.2, 0) is 11.2 Å². The third-order valence-electron chi connectivity index (χ3n) is 6.23. The molecule has 1 unspecified atom stereocenters. The van der Waals surface area contributed by atoms with Crippen molar-refractivity contribution in [3.05, 3.63) is 82.7 Å². The Morgan fingerprint density at radius 3 is 2.73 bits per heavy atom. The van der Waals surface area contributed by atoms with Gasteiger partial charge in [0.2, 0.25) is 5.82 Å². The van der Waals surface area contributed by atoms with E-state index in [0.717, 1.165) is 28.6 Å². The number of likely N-dealkylation sites (tertiary alicyclic amines) is 1. The van der Waals surface area contributed by atoms with Crippen molar-refractivity contribution in [3.8, 4) is 11.1 Å². The van der Waals surface area contributed by atoms with E-state index in [2.05, 4.69) is 20.2 Å². The molecule has 33 heavy (non-hydrogen) atoms. The van der Waals surface area contributed by atoms with E-state index < -0.39 is 4.92 Å². The van der Waals surface area contributed by atoms with Gasteiger partial charge in [0.15, 0.2) is 5.78 Å². The second-order valence-corrected chi connectivity index (χ2v) is 8.33. The molecule has 0 spiro atoms. The molecule has 4 aromatic rings. The molecule has 8 nitrogen and oxygen atoms in total. The molecule has 166 valence electrons. The lowest BCUT2D eigenvalue weighted by molar-refractivity contribution is -0.384. The summed E-state index contributed by atoms with van der Waals surface area (Å²) in [5, 5.41) is 15.9. The first-order valence-corrected chi connectivity index (χ1v) is 10.8. The number of benzene rings is 2. The lowest BCUT2D eigenvalue weighted by atomic mass is 10.0. The number of anilines is 2. The Morgan fingerprint density at radius 1 is 1.18 bits per heavy atom. The van der Waals surface area contributed by atoms with Crippen molar-refractivity contribution in [1.82, 2.24) is 14.9 Å². The van der Waals surface area contributed by atoms with E-state index in [0.29, 0.717) is 24.1 Å². The molecule has 1 saturated heterocycles. The normalized spacial score (nSPS) is 16.4. The number of hydrogen-bond donors (Lipinski definition) is 2. The van der Waals surface area contributed by atoms with Crippen LogP contribution in [0.25, 0.3) is 22.0 Å². The highest BCUT2D eigenvalue weighted by Gasteiger charge is 2.30. The lowest BCUT2D eigenvalue weighted by Crippen LogP contribution is -2.31. The number of nitrogens with zero attached hydrogens (tertiary/aromatic N) is 3. The number of ketones is 1. The second-order valence-electron chi connectivity index (χ2n) is 8.33. The summed E-state index contributed by atoms with van der Waals surface area (Å²) in [5.41, 5.74) is 4.14. The first-order chi connectivity index (χ1) is 16.0. The molecule has 0 bridgehead atoms. The molecule has 5 rings (SSSR count). The molecule has 2 N–H and O–H groups in total. The van der Waals surface area contributed by atoms with Crippen molar-refractivity contribution in [1.29, 1.82) is 0 Å². The van der Waals surface area contributed by atoms with E-state index in [-0.39, 0.29) is 23.3 Å². The molecule has 8 heteroatoms. The predicted octanol–water partition coefficient (Wildman–Crippen LogP) is 4.70. The van der Waals surface area contributed by atoms with Crippen LogP contribution in [0.1, 0.15) is 12.0 Å². The summed E-state index contributed by atoms with van der Waals surface area (Å²) in [6.07, 6.45) is 4.78. The van der Waals surface area contributed by atoms with E-state index >= 15 is 0 Å². The fourth-order valence-corrected chi connectivity index (χ4v) is 4.37. The number of likely N-dealkylation sites (N-methyl/N-ethyl adjacent to an activating group) is 1. The predicted molar refractivity (Wildman–Crippen MR) is 128 cm³/mol. The Bertz CT molecular complexity index is 1350. The molecule has 1 fully saturated rings. The minimum absolute atomic E-state index is 0.0936. The van der Waals surface area contributed by atoms with Crippen LogP contribution >= 0.6 is 0 Å². The molecule has 0 amide bonds. The third kappa shape index (κ3) is 4.08. The maximum atomic E-state index is 12.3. The van der Waals surface area contributed by atoms with E-state index in [9.17, 15) is 14.9 Å². The van der Waals surface area contributed by atoms with E-state index in [1.165, 1.54) is 6.07 Å². The van der Waals surface area contributed by atoms with Crippen molar-refractivity contribution >= 4 is 33.9 Å². The summed E-state index contributed by atoms with van der Waals surface area (Å²) >= 11 is 0. The fourth-order valence-electron chi connectivity index (χ4n) is 4.37. The molecule has 2 aromatic carbocycles. The zero-order valence-electron chi connectivity index (χ0n) is 18.1. The molecule has 2 aromatic heterocycles. The maximum Gasteiger partial charge on any atom is 0.312 e. The van der Waals surface area contributed by atoms with Crippen LogP contribution in [-0.4, -0.2) is 45.2 Å². The molecule has 0 radical (unpaired) electrons. The number of rotatable bonds is 6. The summed E-state index contributed by atoms with van der Waals surface area (Å²) in [7, 11) is 1.97. The maximum absolute atomic E-state index is 12.3.